The van der Waals surface area contributed by atoms with E-state index in [4.69, 9.17) is 23.7 Å². The van der Waals surface area contributed by atoms with Crippen LogP contribution in [0.3, 0.4) is 0 Å². The summed E-state index contributed by atoms with van der Waals surface area (Å²) in [6.45, 7) is 17.9. The van der Waals surface area contributed by atoms with E-state index >= 15 is 0 Å². The molecule has 0 saturated carbocycles. The highest BCUT2D eigenvalue weighted by Crippen LogP contribution is 2.37. The first-order valence-corrected chi connectivity index (χ1v) is 16.5. The van der Waals surface area contributed by atoms with Gasteiger partial charge in [-0.25, -0.2) is 0 Å². The molecule has 11 nitrogen and oxygen atoms in total. The van der Waals surface area contributed by atoms with Crippen LogP contribution in [0.15, 0.2) is 0 Å². The van der Waals surface area contributed by atoms with Gasteiger partial charge in [-0.1, -0.05) is 27.7 Å². The highest BCUT2D eigenvalue weighted by molar-refractivity contribution is 6.00. The highest BCUT2D eigenvalue weighted by atomic mass is 16.7. The molecule has 1 unspecified atom stereocenters. The van der Waals surface area contributed by atoms with Gasteiger partial charge in [-0.2, -0.15) is 0 Å². The third-order valence-electron chi connectivity index (χ3n) is 9.97. The summed E-state index contributed by atoms with van der Waals surface area (Å²) in [5.41, 5.74) is -2.53. The summed E-state index contributed by atoms with van der Waals surface area (Å²) in [6.07, 6.45) is -3.13. The molecule has 4 aliphatic rings. The minimum absolute atomic E-state index is 0.0597. The molecule has 4 saturated heterocycles. The SMILES string of the molecule is CC[C@H]1OC(=O)[C@H](C)C(=O)[C@H](C)[C@@H](O[C@@H]2O[C@H](C)C[C@H](N(C)C)[C@H]2O)[C@@]2(C)C[C@@H](C)NC[C@H](C)[C@H](OCC(C)CO2)[C@]1(C)O. The van der Waals surface area contributed by atoms with Crippen LogP contribution in [0.1, 0.15) is 81.6 Å². The molecule has 4 heterocycles. The van der Waals surface area contributed by atoms with Gasteiger partial charge in [0, 0.05) is 30.5 Å². The van der Waals surface area contributed by atoms with Crippen LogP contribution in [0, 0.1) is 23.7 Å². The molecule has 3 N–H and O–H groups in total. The van der Waals surface area contributed by atoms with Gasteiger partial charge in [-0.05, 0) is 73.9 Å². The van der Waals surface area contributed by atoms with Crippen molar-refractivity contribution in [2.75, 3.05) is 33.9 Å². The number of aliphatic hydroxyl groups excluding tert-OH is 1. The van der Waals surface area contributed by atoms with Crippen LogP contribution in [-0.4, -0.2) is 121 Å². The van der Waals surface area contributed by atoms with Crippen LogP contribution in [0.5, 0.6) is 0 Å². The fourth-order valence-corrected chi connectivity index (χ4v) is 7.28. The quantitative estimate of drug-likeness (QED) is 0.313. The number of carbonyl (C=O) groups is 2. The molecule has 2 bridgehead atoms. The van der Waals surface area contributed by atoms with E-state index < -0.39 is 59.7 Å². The number of fused-ring (bicyclic) bond motifs is 15. The number of nitrogens with one attached hydrogen (secondary N) is 1. The number of hydrogen-bond acceptors (Lipinski definition) is 11. The molecule has 0 aromatic heterocycles. The van der Waals surface area contributed by atoms with Crippen LogP contribution >= 0.6 is 0 Å². The molecule has 0 spiro atoms. The number of likely N-dealkylation sites (N-methyl/N-ethyl adjacent to an activating group) is 1. The minimum atomic E-state index is -1.51. The van der Waals surface area contributed by atoms with Crippen LogP contribution in [0.25, 0.3) is 0 Å². The molecule has 11 heteroatoms. The van der Waals surface area contributed by atoms with Crippen molar-refractivity contribution in [3.8, 4) is 0 Å². The molecule has 0 aromatic rings. The standard InChI is InChI=1S/C33H60N2O9/c1-12-25-33(9,39)28-19(3)15-34-20(4)14-32(8,41-17-18(2)16-40-28)29(22(6)26(36)23(7)30(38)43-25)44-31-27(37)24(35(10)11)13-21(5)42-31/h18-25,27-29,31,34,37,39H,12-17H2,1-11H3/t18?,19-,20+,21+,22-,23+,24-,25+,27+,28-,29+,31-,32+,33+/m0/s1. The van der Waals surface area contributed by atoms with Crippen molar-refractivity contribution in [3.05, 3.63) is 0 Å². The monoisotopic (exact) mass is 628 g/mol. The summed E-state index contributed by atoms with van der Waals surface area (Å²) in [5.74, 6) is -3.22. The number of esters is 1. The molecule has 44 heavy (non-hydrogen) atoms. The van der Waals surface area contributed by atoms with Gasteiger partial charge in [0.05, 0.1) is 37.1 Å². The molecule has 0 radical (unpaired) electrons. The summed E-state index contributed by atoms with van der Waals surface area (Å²) < 4.78 is 31.9. The molecule has 0 aromatic carbocycles. The van der Waals surface area contributed by atoms with E-state index in [9.17, 15) is 19.8 Å². The Kier molecular flexibility index (Phi) is 12.8. The molecule has 4 rings (SSSR count). The maximum atomic E-state index is 14.1. The van der Waals surface area contributed by atoms with Gasteiger partial charge in [-0.15, -0.1) is 0 Å². The molecular formula is C33H60N2O9. The van der Waals surface area contributed by atoms with Crippen LogP contribution in [0.4, 0.5) is 0 Å². The van der Waals surface area contributed by atoms with Crippen molar-refractivity contribution in [2.45, 2.75) is 142 Å². The molecule has 4 aliphatic heterocycles. The van der Waals surface area contributed by atoms with Gasteiger partial charge >= 0.3 is 5.97 Å². The predicted octanol–water partition coefficient (Wildman–Crippen LogP) is 2.54. The number of nitrogens with zero attached hydrogens (tertiary/aromatic N) is 1. The lowest BCUT2D eigenvalue weighted by molar-refractivity contribution is -0.298. The average molecular weight is 629 g/mol. The molecule has 0 aliphatic carbocycles. The normalized spacial score (nSPS) is 47.2. The number of Topliss-reactive ketones (excluding diaryl/α,β-unsaturated/α-hetero) is 1. The van der Waals surface area contributed by atoms with E-state index in [0.29, 0.717) is 39.0 Å². The Labute approximate surface area is 264 Å². The van der Waals surface area contributed by atoms with E-state index in [2.05, 4.69) is 12.2 Å². The van der Waals surface area contributed by atoms with Gasteiger partial charge in [0.1, 0.15) is 23.7 Å². The third-order valence-corrected chi connectivity index (χ3v) is 9.97. The van der Waals surface area contributed by atoms with Gasteiger partial charge in [0.25, 0.3) is 0 Å². The summed E-state index contributed by atoms with van der Waals surface area (Å²) >= 11 is 0. The fourth-order valence-electron chi connectivity index (χ4n) is 7.28. The van der Waals surface area contributed by atoms with Gasteiger partial charge in [0.15, 0.2) is 12.1 Å². The fraction of sp³-hybridized carbons (Fsp3) is 0.939. The summed E-state index contributed by atoms with van der Waals surface area (Å²) in [6, 6.07) is -0.286. The largest absolute Gasteiger partial charge is 0.459 e. The smallest absolute Gasteiger partial charge is 0.316 e. The topological polar surface area (TPSA) is 136 Å². The first kappa shape index (κ1) is 37.3. The first-order valence-electron chi connectivity index (χ1n) is 16.5. The zero-order valence-electron chi connectivity index (χ0n) is 28.9. The van der Waals surface area contributed by atoms with E-state index in [1.54, 1.807) is 13.8 Å². The lowest BCUT2D eigenvalue weighted by atomic mass is 9.79. The zero-order chi connectivity index (χ0) is 33.1. The van der Waals surface area contributed by atoms with Crippen molar-refractivity contribution in [3.63, 3.8) is 0 Å². The second kappa shape index (κ2) is 15.2. The maximum absolute atomic E-state index is 14.1. The van der Waals surface area contributed by atoms with Crippen LogP contribution in [0.2, 0.25) is 0 Å². The maximum Gasteiger partial charge on any atom is 0.316 e. The van der Waals surface area contributed by atoms with E-state index in [1.165, 1.54) is 6.92 Å². The van der Waals surface area contributed by atoms with Crippen molar-refractivity contribution in [1.82, 2.24) is 10.2 Å². The van der Waals surface area contributed by atoms with Gasteiger partial charge in [0.2, 0.25) is 0 Å². The molecule has 0 amide bonds. The summed E-state index contributed by atoms with van der Waals surface area (Å²) in [7, 11) is 3.82. The first-order chi connectivity index (χ1) is 20.4. The second-order valence-corrected chi connectivity index (χ2v) is 14.6. The average Bonchev–Trinajstić information content (AvgIpc) is 2.95. The van der Waals surface area contributed by atoms with Crippen LogP contribution < -0.4 is 5.32 Å². The van der Waals surface area contributed by atoms with Crippen LogP contribution in [-0.2, 0) is 33.3 Å². The Hall–Kier alpha value is -1.18. The zero-order valence-corrected chi connectivity index (χ0v) is 28.9. The Morgan fingerprint density at radius 1 is 1.07 bits per heavy atom. The highest BCUT2D eigenvalue weighted by Gasteiger charge is 2.51. The summed E-state index contributed by atoms with van der Waals surface area (Å²) in [5, 5.41) is 26.8. The summed E-state index contributed by atoms with van der Waals surface area (Å²) in [4.78, 5) is 29.6. The van der Waals surface area contributed by atoms with E-state index in [0.717, 1.165) is 0 Å². The lowest BCUT2D eigenvalue weighted by Crippen LogP contribution is -2.60. The van der Waals surface area contributed by atoms with Gasteiger partial charge < -0.3 is 44.1 Å². The number of rotatable bonds is 4. The molecule has 14 atom stereocenters. The number of carbonyl (C=O) groups excluding carboxylic acids is 2. The lowest BCUT2D eigenvalue weighted by Gasteiger charge is -2.47. The Balaban J connectivity index is 2.14. The Morgan fingerprint density at radius 2 is 1.73 bits per heavy atom. The van der Waals surface area contributed by atoms with Crippen molar-refractivity contribution < 1.29 is 43.5 Å². The van der Waals surface area contributed by atoms with Gasteiger partial charge in [-0.3, -0.25) is 9.59 Å². The third kappa shape index (κ3) is 8.39. The van der Waals surface area contributed by atoms with Crippen molar-refractivity contribution >= 4 is 11.8 Å². The Morgan fingerprint density at radius 3 is 2.34 bits per heavy atom. The molecule has 256 valence electrons. The van der Waals surface area contributed by atoms with Crippen molar-refractivity contribution in [1.29, 1.82) is 0 Å². The minimum Gasteiger partial charge on any atom is -0.459 e. The predicted molar refractivity (Wildman–Crippen MR) is 166 cm³/mol. The molecular weight excluding hydrogens is 568 g/mol. The second-order valence-electron chi connectivity index (χ2n) is 14.6. The van der Waals surface area contributed by atoms with E-state index in [1.807, 2.05) is 53.6 Å². The number of ether oxygens (including phenoxy) is 5. The van der Waals surface area contributed by atoms with E-state index in [-0.39, 0.29) is 35.8 Å². The van der Waals surface area contributed by atoms with Crippen molar-refractivity contribution in [2.24, 2.45) is 23.7 Å². The number of aliphatic hydroxyl groups is 2. The number of ketones is 1. The number of hydrogen-bond donors (Lipinski definition) is 3. The molecule has 4 fully saturated rings. The Bertz CT molecular complexity index is 964.